The van der Waals surface area contributed by atoms with E-state index in [1.54, 1.807) is 0 Å². The lowest BCUT2D eigenvalue weighted by Gasteiger charge is -2.13. The van der Waals surface area contributed by atoms with Gasteiger partial charge in [-0.2, -0.15) is 0 Å². The summed E-state index contributed by atoms with van der Waals surface area (Å²) < 4.78 is 12.9. The Morgan fingerprint density at radius 3 is 2.14 bits per heavy atom. The molecule has 10 rings (SSSR count). The number of allylic oxidation sites excluding steroid dienone is 4. The normalized spacial score (nSPS) is 13.8. The van der Waals surface area contributed by atoms with Gasteiger partial charge in [0.2, 0.25) is 0 Å². The van der Waals surface area contributed by atoms with Crippen LogP contribution in [-0.4, -0.2) is 9.97 Å². The fraction of sp³-hybridized carbons (Fsp3) is 0.0500. The average molecular weight is 565 g/mol. The zero-order valence-corrected chi connectivity index (χ0v) is 23.7. The van der Waals surface area contributed by atoms with Gasteiger partial charge in [-0.25, -0.2) is 9.97 Å². The molecule has 0 unspecified atom stereocenters. The Bertz CT molecular complexity index is 2670. The van der Waals surface area contributed by atoms with E-state index in [0.717, 1.165) is 79.2 Å². The molecular formula is C40H24N2O2. The Morgan fingerprint density at radius 2 is 1.27 bits per heavy atom. The van der Waals surface area contributed by atoms with Crippen LogP contribution in [0.4, 0.5) is 0 Å². The van der Waals surface area contributed by atoms with Gasteiger partial charge >= 0.3 is 0 Å². The molecule has 0 N–H and O–H groups in total. The third-order valence-electron chi connectivity index (χ3n) is 9.14. The highest BCUT2D eigenvalue weighted by Gasteiger charge is 2.22. The van der Waals surface area contributed by atoms with Crippen molar-refractivity contribution in [1.29, 1.82) is 0 Å². The van der Waals surface area contributed by atoms with E-state index in [-0.39, 0.29) is 0 Å². The molecule has 0 spiro atoms. The van der Waals surface area contributed by atoms with Crippen LogP contribution in [-0.2, 0) is 0 Å². The van der Waals surface area contributed by atoms with Crippen LogP contribution in [0, 0.1) is 0 Å². The molecule has 1 aliphatic carbocycles. The number of nitrogens with zero attached hydrogens (tertiary/aromatic N) is 2. The summed E-state index contributed by atoms with van der Waals surface area (Å²) in [6.07, 6.45) is 8.43. The van der Waals surface area contributed by atoms with Crippen LogP contribution >= 0.6 is 0 Å². The first-order valence-corrected chi connectivity index (χ1v) is 15.1. The molecule has 44 heavy (non-hydrogen) atoms. The van der Waals surface area contributed by atoms with Crippen molar-refractivity contribution >= 4 is 71.0 Å². The van der Waals surface area contributed by atoms with Gasteiger partial charge in [0, 0.05) is 27.1 Å². The van der Waals surface area contributed by atoms with E-state index in [1.807, 2.05) is 18.2 Å². The number of rotatable bonds is 3. The van der Waals surface area contributed by atoms with E-state index in [1.165, 1.54) is 27.1 Å². The van der Waals surface area contributed by atoms with Crippen molar-refractivity contribution in [3.8, 4) is 22.6 Å². The molecule has 0 radical (unpaired) electrons. The average Bonchev–Trinajstić information content (AvgIpc) is 3.67. The number of para-hydroxylation sites is 1. The van der Waals surface area contributed by atoms with Crippen molar-refractivity contribution in [2.24, 2.45) is 0 Å². The monoisotopic (exact) mass is 564 g/mol. The predicted octanol–water partition coefficient (Wildman–Crippen LogP) is 11.1. The van der Waals surface area contributed by atoms with Gasteiger partial charge in [0.15, 0.2) is 5.82 Å². The summed E-state index contributed by atoms with van der Waals surface area (Å²) in [5.74, 6) is 0.656. The number of hydrogen-bond donors (Lipinski definition) is 0. The highest BCUT2D eigenvalue weighted by atomic mass is 16.3. The molecule has 1 aliphatic rings. The molecule has 4 nitrogen and oxygen atoms in total. The highest BCUT2D eigenvalue weighted by molar-refractivity contribution is 6.34. The zero-order chi connectivity index (χ0) is 28.8. The number of fused-ring (bicyclic) bond motifs is 6. The molecule has 0 fully saturated rings. The van der Waals surface area contributed by atoms with Gasteiger partial charge in [-0.1, -0.05) is 85.0 Å². The largest absolute Gasteiger partial charge is 0.456 e. The van der Waals surface area contributed by atoms with E-state index in [9.17, 15) is 0 Å². The van der Waals surface area contributed by atoms with E-state index in [4.69, 9.17) is 18.8 Å². The van der Waals surface area contributed by atoms with Gasteiger partial charge in [-0.05, 0) is 76.4 Å². The first-order valence-electron chi connectivity index (χ1n) is 15.1. The quantitative estimate of drug-likeness (QED) is 0.200. The van der Waals surface area contributed by atoms with Crippen molar-refractivity contribution < 1.29 is 8.83 Å². The zero-order valence-electron chi connectivity index (χ0n) is 23.7. The first kappa shape index (κ1) is 23.8. The van der Waals surface area contributed by atoms with Crippen LogP contribution in [0.25, 0.3) is 93.6 Å². The molecule has 9 aromatic rings. The molecule has 0 amide bonds. The van der Waals surface area contributed by atoms with Crippen molar-refractivity contribution in [3.63, 3.8) is 0 Å². The smallest absolute Gasteiger partial charge is 0.164 e. The molecule has 0 saturated heterocycles. The van der Waals surface area contributed by atoms with Crippen LogP contribution in [0.1, 0.15) is 18.5 Å². The Kier molecular flexibility index (Phi) is 4.80. The third kappa shape index (κ3) is 3.34. The van der Waals surface area contributed by atoms with Gasteiger partial charge in [0.05, 0.1) is 17.0 Å². The second kappa shape index (κ2) is 8.88. The van der Waals surface area contributed by atoms with Gasteiger partial charge < -0.3 is 8.83 Å². The number of furan rings is 2. The summed E-state index contributed by atoms with van der Waals surface area (Å²) in [6, 6.07) is 35.9. The predicted molar refractivity (Wildman–Crippen MR) is 180 cm³/mol. The molecule has 206 valence electrons. The van der Waals surface area contributed by atoms with Crippen LogP contribution in [0.5, 0.6) is 0 Å². The SMILES string of the molecule is C1=CCCC(c2cc(-c3ccc4c(c3)oc3ccccc34)nc(-c3ccc4c5ccccc5c5cccc6oc3c4c65)n2)=C1. The Balaban J connectivity index is 1.25. The van der Waals surface area contributed by atoms with Crippen molar-refractivity contribution in [1.82, 2.24) is 9.97 Å². The van der Waals surface area contributed by atoms with Crippen LogP contribution in [0.3, 0.4) is 0 Å². The molecule has 3 heterocycles. The minimum atomic E-state index is 0.656. The van der Waals surface area contributed by atoms with Crippen molar-refractivity contribution in [2.45, 2.75) is 12.8 Å². The maximum atomic E-state index is 6.67. The summed E-state index contributed by atoms with van der Waals surface area (Å²) >= 11 is 0. The Labute approximate surface area is 251 Å². The molecule has 4 heteroatoms. The molecule has 6 aromatic carbocycles. The lowest BCUT2D eigenvalue weighted by Crippen LogP contribution is -2.00. The lowest BCUT2D eigenvalue weighted by atomic mass is 9.93. The maximum Gasteiger partial charge on any atom is 0.164 e. The number of aromatic nitrogens is 2. The maximum absolute atomic E-state index is 6.67. The van der Waals surface area contributed by atoms with Crippen LogP contribution in [0.15, 0.2) is 130 Å². The minimum Gasteiger partial charge on any atom is -0.456 e. The minimum absolute atomic E-state index is 0.656. The fourth-order valence-electron chi connectivity index (χ4n) is 7.08. The first-order chi connectivity index (χ1) is 21.8. The molecule has 0 bridgehead atoms. The lowest BCUT2D eigenvalue weighted by molar-refractivity contribution is 0.669. The summed E-state index contributed by atoms with van der Waals surface area (Å²) in [5, 5.41) is 9.35. The summed E-state index contributed by atoms with van der Waals surface area (Å²) in [5.41, 5.74) is 8.32. The van der Waals surface area contributed by atoms with E-state index in [2.05, 4.69) is 103 Å². The van der Waals surface area contributed by atoms with Gasteiger partial charge in [0.25, 0.3) is 0 Å². The highest BCUT2D eigenvalue weighted by Crippen LogP contribution is 2.45. The third-order valence-corrected chi connectivity index (χ3v) is 9.14. The van der Waals surface area contributed by atoms with Crippen LogP contribution in [0.2, 0.25) is 0 Å². The fourth-order valence-corrected chi connectivity index (χ4v) is 7.08. The van der Waals surface area contributed by atoms with Crippen molar-refractivity contribution in [3.05, 3.63) is 127 Å². The van der Waals surface area contributed by atoms with Crippen LogP contribution < -0.4 is 0 Å². The molecular weight excluding hydrogens is 540 g/mol. The summed E-state index contributed by atoms with van der Waals surface area (Å²) in [7, 11) is 0. The van der Waals surface area contributed by atoms with E-state index < -0.39 is 0 Å². The number of hydrogen-bond acceptors (Lipinski definition) is 4. The Morgan fingerprint density at radius 1 is 0.545 bits per heavy atom. The molecule has 0 aliphatic heterocycles. The van der Waals surface area contributed by atoms with Crippen molar-refractivity contribution in [2.75, 3.05) is 0 Å². The second-order valence-electron chi connectivity index (χ2n) is 11.6. The second-order valence-corrected chi connectivity index (χ2v) is 11.6. The summed E-state index contributed by atoms with van der Waals surface area (Å²) in [4.78, 5) is 10.4. The molecule has 0 atom stereocenters. The number of benzene rings is 6. The van der Waals surface area contributed by atoms with E-state index >= 15 is 0 Å². The van der Waals surface area contributed by atoms with Gasteiger partial charge in [-0.15, -0.1) is 0 Å². The standard InChI is InChI=1S/C40H24N2O2/c1-2-9-23(10-3-1)32-22-33(24-17-18-28-27-13-6-7-15-34(27)43-36(28)21-24)42-40(41-32)31-20-19-30-26-12-5-4-11-25(26)29-14-8-16-35-37(29)38(30)39(31)44-35/h1-2,4-9,11-22H,3,10H2. The summed E-state index contributed by atoms with van der Waals surface area (Å²) in [6.45, 7) is 0. The Hall–Kier alpha value is -5.74. The molecule has 0 saturated carbocycles. The topological polar surface area (TPSA) is 52.1 Å². The van der Waals surface area contributed by atoms with Gasteiger partial charge in [-0.3, -0.25) is 0 Å². The van der Waals surface area contributed by atoms with Gasteiger partial charge in [0.1, 0.15) is 22.3 Å². The van der Waals surface area contributed by atoms with E-state index in [0.29, 0.717) is 5.82 Å². The molecule has 3 aromatic heterocycles.